The highest BCUT2D eigenvalue weighted by molar-refractivity contribution is 6.30. The van der Waals surface area contributed by atoms with Gasteiger partial charge in [-0.05, 0) is 41.5 Å². The predicted molar refractivity (Wildman–Crippen MR) is 151 cm³/mol. The molecule has 0 bridgehead atoms. The van der Waals surface area contributed by atoms with Crippen molar-refractivity contribution >= 4 is 39.4 Å². The Bertz CT molecular complexity index is 1780. The van der Waals surface area contributed by atoms with E-state index in [0.29, 0.717) is 23.8 Å². The minimum Gasteiger partial charge on any atom is -0.497 e. The van der Waals surface area contributed by atoms with Gasteiger partial charge in [-0.25, -0.2) is 9.97 Å². The number of imidazole rings is 1. The number of hydrogen-bond donors (Lipinski definition) is 2. The number of aromatic amines is 1. The summed E-state index contributed by atoms with van der Waals surface area (Å²) in [6.07, 6.45) is 6.99. The van der Waals surface area contributed by atoms with Crippen molar-refractivity contribution < 1.29 is 9.53 Å². The van der Waals surface area contributed by atoms with E-state index in [1.165, 1.54) is 18.6 Å². The smallest absolute Gasteiger partial charge is 0.272 e. The number of benzene rings is 3. The van der Waals surface area contributed by atoms with E-state index in [1.54, 1.807) is 7.11 Å². The van der Waals surface area contributed by atoms with Gasteiger partial charge in [0.15, 0.2) is 0 Å². The van der Waals surface area contributed by atoms with Crippen LogP contribution in [0.2, 0.25) is 5.02 Å². The number of rotatable bonds is 8. The molecule has 0 fully saturated rings. The van der Waals surface area contributed by atoms with Crippen LogP contribution in [0.25, 0.3) is 21.9 Å². The summed E-state index contributed by atoms with van der Waals surface area (Å²) in [5.74, 6) is 1.10. The van der Waals surface area contributed by atoms with Gasteiger partial charge in [-0.1, -0.05) is 41.9 Å². The molecule has 0 aliphatic heterocycles. The first-order valence-electron chi connectivity index (χ1n) is 12.5. The molecule has 194 valence electrons. The summed E-state index contributed by atoms with van der Waals surface area (Å²) in [6, 6.07) is 21.1. The summed E-state index contributed by atoms with van der Waals surface area (Å²) in [5.41, 5.74) is 5.03. The number of ether oxygens (including phenoxy) is 1. The van der Waals surface area contributed by atoms with Crippen LogP contribution in [0.5, 0.6) is 5.75 Å². The molecule has 39 heavy (non-hydrogen) atoms. The van der Waals surface area contributed by atoms with Gasteiger partial charge in [0.25, 0.3) is 5.91 Å². The quantitative estimate of drug-likeness (QED) is 0.259. The van der Waals surface area contributed by atoms with Crippen LogP contribution in [0.15, 0.2) is 91.5 Å². The lowest BCUT2D eigenvalue weighted by atomic mass is 10.0. The predicted octanol–water partition coefficient (Wildman–Crippen LogP) is 5.73. The third-order valence-corrected chi connectivity index (χ3v) is 6.96. The van der Waals surface area contributed by atoms with Gasteiger partial charge in [-0.2, -0.15) is 0 Å². The first kappa shape index (κ1) is 24.6. The molecule has 8 nitrogen and oxygen atoms in total. The lowest BCUT2D eigenvalue weighted by molar-refractivity contribution is 0.0928. The van der Waals surface area contributed by atoms with E-state index in [-0.39, 0.29) is 11.6 Å². The maximum atomic E-state index is 13.4. The van der Waals surface area contributed by atoms with Crippen LogP contribution in [0.1, 0.15) is 33.5 Å². The minimum atomic E-state index is -0.476. The maximum absolute atomic E-state index is 13.4. The van der Waals surface area contributed by atoms with Crippen molar-refractivity contribution in [2.45, 2.75) is 19.0 Å². The molecule has 1 atom stereocenters. The SMILES string of the molecule is COc1ccc2nc(C(Cc3c[nH]c4ccccc34)NC(=O)c3cnccn3)n(Cc3cccc(Cl)c3)c2c1. The number of amides is 1. The number of nitrogens with one attached hydrogen (secondary N) is 2. The van der Waals surface area contributed by atoms with Crippen LogP contribution in [-0.2, 0) is 13.0 Å². The molecule has 3 heterocycles. The van der Waals surface area contributed by atoms with Crippen LogP contribution in [0.3, 0.4) is 0 Å². The molecule has 3 aromatic carbocycles. The van der Waals surface area contributed by atoms with Crippen molar-refractivity contribution in [2.75, 3.05) is 7.11 Å². The first-order valence-corrected chi connectivity index (χ1v) is 12.9. The Morgan fingerprint density at radius 2 is 2.00 bits per heavy atom. The third-order valence-electron chi connectivity index (χ3n) is 6.73. The Morgan fingerprint density at radius 1 is 1.10 bits per heavy atom. The second kappa shape index (κ2) is 10.6. The van der Waals surface area contributed by atoms with Crippen molar-refractivity contribution in [1.29, 1.82) is 0 Å². The molecule has 0 spiro atoms. The average Bonchev–Trinajstić information content (AvgIpc) is 3.54. The number of halogens is 1. The highest BCUT2D eigenvalue weighted by Gasteiger charge is 2.25. The average molecular weight is 537 g/mol. The summed E-state index contributed by atoms with van der Waals surface area (Å²) in [7, 11) is 1.64. The van der Waals surface area contributed by atoms with Crippen LogP contribution in [0.4, 0.5) is 0 Å². The number of H-pyrrole nitrogens is 1. The zero-order chi connectivity index (χ0) is 26.8. The second-order valence-corrected chi connectivity index (χ2v) is 9.66. The molecule has 0 saturated heterocycles. The normalized spacial score (nSPS) is 12.1. The van der Waals surface area contributed by atoms with Gasteiger partial charge in [-0.3, -0.25) is 9.78 Å². The standard InChI is InChI=1S/C30H25ClN6O2/c1-39-22-9-10-25-28(15-22)37(18-19-5-4-6-21(31)13-19)29(35-25)26(36-30(38)27-17-32-11-12-33-27)14-20-16-34-24-8-3-2-7-23(20)24/h2-13,15-17,26,34H,14,18H2,1H3,(H,36,38). The van der Waals surface area contributed by atoms with Crippen LogP contribution < -0.4 is 10.1 Å². The number of carbonyl (C=O) groups excluding carboxylic acids is 1. The van der Waals surface area contributed by atoms with Crippen molar-refractivity contribution in [3.63, 3.8) is 0 Å². The number of fused-ring (bicyclic) bond motifs is 2. The summed E-state index contributed by atoms with van der Waals surface area (Å²) >= 11 is 6.32. The molecule has 1 unspecified atom stereocenters. The van der Waals surface area contributed by atoms with E-state index in [0.717, 1.165) is 38.8 Å². The summed E-state index contributed by atoms with van der Waals surface area (Å²) in [5, 5.41) is 4.93. The molecule has 2 N–H and O–H groups in total. The molecule has 0 radical (unpaired) electrons. The molecule has 6 aromatic rings. The molecule has 1 amide bonds. The fraction of sp³-hybridized carbons (Fsp3) is 0.133. The second-order valence-electron chi connectivity index (χ2n) is 9.22. The largest absolute Gasteiger partial charge is 0.497 e. The molecule has 0 aliphatic carbocycles. The number of methoxy groups -OCH3 is 1. The molecular weight excluding hydrogens is 512 g/mol. The van der Waals surface area contributed by atoms with Gasteiger partial charge in [0.2, 0.25) is 0 Å². The Morgan fingerprint density at radius 3 is 2.82 bits per heavy atom. The number of para-hydroxylation sites is 1. The first-order chi connectivity index (χ1) is 19.1. The summed E-state index contributed by atoms with van der Waals surface area (Å²) < 4.78 is 7.63. The molecule has 0 saturated carbocycles. The number of carbonyl (C=O) groups is 1. The van der Waals surface area contributed by atoms with Crippen molar-refractivity contribution in [2.24, 2.45) is 0 Å². The topological polar surface area (TPSA) is 97.7 Å². The van der Waals surface area contributed by atoms with Gasteiger partial charge < -0.3 is 19.6 Å². The van der Waals surface area contributed by atoms with E-state index in [2.05, 4.69) is 30.9 Å². The van der Waals surface area contributed by atoms with E-state index in [4.69, 9.17) is 21.3 Å². The molecule has 0 aliphatic rings. The third kappa shape index (κ3) is 5.06. The van der Waals surface area contributed by atoms with Gasteiger partial charge in [0, 0.05) is 53.5 Å². The lowest BCUT2D eigenvalue weighted by Crippen LogP contribution is -2.32. The fourth-order valence-corrected chi connectivity index (χ4v) is 5.09. The summed E-state index contributed by atoms with van der Waals surface area (Å²) in [6.45, 7) is 0.505. The van der Waals surface area contributed by atoms with Gasteiger partial charge in [-0.15, -0.1) is 0 Å². The Labute approximate surface area is 229 Å². The van der Waals surface area contributed by atoms with Crippen LogP contribution >= 0.6 is 11.6 Å². The van der Waals surface area contributed by atoms with Crippen molar-refractivity contribution in [3.05, 3.63) is 119 Å². The van der Waals surface area contributed by atoms with Crippen LogP contribution in [-0.4, -0.2) is 37.5 Å². The summed E-state index contributed by atoms with van der Waals surface area (Å²) in [4.78, 5) is 30.0. The molecule has 9 heteroatoms. The Hall–Kier alpha value is -4.69. The monoisotopic (exact) mass is 536 g/mol. The van der Waals surface area contributed by atoms with Crippen LogP contribution in [0, 0.1) is 0 Å². The van der Waals surface area contributed by atoms with E-state index < -0.39 is 6.04 Å². The lowest BCUT2D eigenvalue weighted by Gasteiger charge is -2.20. The van der Waals surface area contributed by atoms with Crippen molar-refractivity contribution in [1.82, 2.24) is 29.8 Å². The van der Waals surface area contributed by atoms with Gasteiger partial charge in [0.05, 0.1) is 30.4 Å². The van der Waals surface area contributed by atoms with E-state index in [1.807, 2.05) is 66.9 Å². The highest BCUT2D eigenvalue weighted by Crippen LogP contribution is 2.30. The number of aromatic nitrogens is 5. The van der Waals surface area contributed by atoms with Gasteiger partial charge >= 0.3 is 0 Å². The van der Waals surface area contributed by atoms with Gasteiger partial charge in [0.1, 0.15) is 17.3 Å². The zero-order valence-corrected chi connectivity index (χ0v) is 21.9. The highest BCUT2D eigenvalue weighted by atomic mass is 35.5. The fourth-order valence-electron chi connectivity index (χ4n) is 4.87. The zero-order valence-electron chi connectivity index (χ0n) is 21.1. The Balaban J connectivity index is 1.49. The molecule has 3 aromatic heterocycles. The van der Waals surface area contributed by atoms with E-state index in [9.17, 15) is 4.79 Å². The van der Waals surface area contributed by atoms with Crippen molar-refractivity contribution in [3.8, 4) is 5.75 Å². The Kier molecular flexibility index (Phi) is 6.69. The van der Waals surface area contributed by atoms with E-state index >= 15 is 0 Å². The molecular formula is C30H25ClN6O2. The maximum Gasteiger partial charge on any atom is 0.272 e. The number of hydrogen-bond acceptors (Lipinski definition) is 5. The molecule has 6 rings (SSSR count). The minimum absolute atomic E-state index is 0.237. The number of nitrogens with zero attached hydrogens (tertiary/aromatic N) is 4.